The van der Waals surface area contributed by atoms with Crippen LogP contribution in [0.15, 0.2) is 18.2 Å². The Morgan fingerprint density at radius 2 is 1.81 bits per heavy atom. The van der Waals surface area contributed by atoms with Crippen molar-refractivity contribution in [2.75, 3.05) is 56.7 Å². The molecule has 5 rings (SSSR count). The molecule has 0 spiro atoms. The van der Waals surface area contributed by atoms with Gasteiger partial charge in [0.15, 0.2) is 11.5 Å². The summed E-state index contributed by atoms with van der Waals surface area (Å²) in [5, 5.41) is 3.98. The van der Waals surface area contributed by atoms with Gasteiger partial charge in [-0.25, -0.2) is 9.97 Å². The molecule has 0 radical (unpaired) electrons. The van der Waals surface area contributed by atoms with Gasteiger partial charge in [-0.1, -0.05) is 0 Å². The zero-order valence-corrected chi connectivity index (χ0v) is 18.7. The highest BCUT2D eigenvalue weighted by atomic mass is 32.1. The number of rotatable bonds is 3. The van der Waals surface area contributed by atoms with Gasteiger partial charge in [-0.3, -0.25) is 4.79 Å². The Balaban J connectivity index is 1.47. The van der Waals surface area contributed by atoms with E-state index in [1.165, 1.54) is 11.3 Å². The molecule has 2 aromatic heterocycles. The fraction of sp³-hybridized carbons (Fsp3) is 0.409. The second-order valence-corrected chi connectivity index (χ2v) is 8.93. The van der Waals surface area contributed by atoms with Crippen LogP contribution in [0.1, 0.15) is 21.1 Å². The summed E-state index contributed by atoms with van der Waals surface area (Å²) in [5.74, 6) is 2.85. The number of carbonyl (C=O) groups excluding carboxylic acids is 1. The Bertz CT molecular complexity index is 1150. The standard InChI is InChI=1S/C22H25N5O3S/c1-13-18-20(27-8-6-26(3)7-9-27)23-14(2)24-22(18)31-19(13)21(28)25-15-4-5-16-17(12-15)30-11-10-29-16/h4-5,12H,6-11H2,1-3H3,(H,25,28). The van der Waals surface area contributed by atoms with Crippen LogP contribution < -0.4 is 19.7 Å². The molecule has 162 valence electrons. The van der Waals surface area contributed by atoms with Gasteiger partial charge >= 0.3 is 0 Å². The van der Waals surface area contributed by atoms with Crippen LogP contribution in [0.4, 0.5) is 11.5 Å². The molecule has 2 aliphatic heterocycles. The zero-order valence-electron chi connectivity index (χ0n) is 17.9. The van der Waals surface area contributed by atoms with Crippen molar-refractivity contribution in [2.45, 2.75) is 13.8 Å². The van der Waals surface area contributed by atoms with Crippen molar-refractivity contribution in [3.63, 3.8) is 0 Å². The van der Waals surface area contributed by atoms with E-state index in [2.05, 4.69) is 27.1 Å². The summed E-state index contributed by atoms with van der Waals surface area (Å²) >= 11 is 1.42. The van der Waals surface area contributed by atoms with Crippen molar-refractivity contribution in [1.82, 2.24) is 14.9 Å². The van der Waals surface area contributed by atoms with Gasteiger partial charge in [-0.15, -0.1) is 11.3 Å². The molecule has 8 nitrogen and oxygen atoms in total. The minimum atomic E-state index is -0.154. The van der Waals surface area contributed by atoms with E-state index in [0.717, 1.165) is 53.6 Å². The molecule has 0 saturated carbocycles. The second kappa shape index (κ2) is 7.97. The third-order valence-electron chi connectivity index (χ3n) is 5.69. The Morgan fingerprint density at radius 3 is 2.58 bits per heavy atom. The predicted octanol–water partition coefficient (Wildman–Crippen LogP) is 3.08. The summed E-state index contributed by atoms with van der Waals surface area (Å²) in [5.41, 5.74) is 1.59. The van der Waals surface area contributed by atoms with Crippen LogP contribution in [0, 0.1) is 13.8 Å². The summed E-state index contributed by atoms with van der Waals surface area (Å²) in [6, 6.07) is 5.45. The monoisotopic (exact) mass is 439 g/mol. The Morgan fingerprint density at radius 1 is 1.06 bits per heavy atom. The average molecular weight is 440 g/mol. The summed E-state index contributed by atoms with van der Waals surface area (Å²) in [6.45, 7) is 8.74. The molecule has 0 bridgehead atoms. The maximum Gasteiger partial charge on any atom is 0.266 e. The van der Waals surface area contributed by atoms with Gasteiger partial charge in [0.25, 0.3) is 5.91 Å². The van der Waals surface area contributed by atoms with Crippen molar-refractivity contribution >= 4 is 39.0 Å². The smallest absolute Gasteiger partial charge is 0.266 e. The maximum atomic E-state index is 13.1. The van der Waals surface area contributed by atoms with Gasteiger partial charge in [0.2, 0.25) is 0 Å². The number of hydrogen-bond donors (Lipinski definition) is 1. The third kappa shape index (κ3) is 3.79. The number of piperazine rings is 1. The number of nitrogens with zero attached hydrogens (tertiary/aromatic N) is 4. The number of carbonyl (C=O) groups is 1. The number of fused-ring (bicyclic) bond motifs is 2. The predicted molar refractivity (Wildman–Crippen MR) is 122 cm³/mol. The van der Waals surface area contributed by atoms with E-state index >= 15 is 0 Å². The number of likely N-dealkylation sites (N-methyl/N-ethyl adjacent to an activating group) is 1. The first-order valence-electron chi connectivity index (χ1n) is 10.4. The highest BCUT2D eigenvalue weighted by molar-refractivity contribution is 7.20. The topological polar surface area (TPSA) is 79.8 Å². The Kier molecular flexibility index (Phi) is 5.15. The number of thiophene rings is 1. The second-order valence-electron chi connectivity index (χ2n) is 7.93. The van der Waals surface area contributed by atoms with Gasteiger partial charge in [0.05, 0.1) is 10.3 Å². The molecule has 1 N–H and O–H groups in total. The number of aromatic nitrogens is 2. The molecule has 2 aliphatic rings. The van der Waals surface area contributed by atoms with E-state index in [0.29, 0.717) is 35.3 Å². The third-order valence-corrected chi connectivity index (χ3v) is 6.88. The number of anilines is 2. The number of nitrogens with one attached hydrogen (secondary N) is 1. The van der Waals surface area contributed by atoms with Crippen molar-refractivity contribution in [3.8, 4) is 11.5 Å². The first-order valence-corrected chi connectivity index (χ1v) is 11.2. The van der Waals surface area contributed by atoms with Crippen molar-refractivity contribution < 1.29 is 14.3 Å². The van der Waals surface area contributed by atoms with Gasteiger partial charge < -0.3 is 24.6 Å². The highest BCUT2D eigenvalue weighted by Crippen LogP contribution is 2.37. The van der Waals surface area contributed by atoms with E-state index < -0.39 is 0 Å². The molecule has 3 aromatic rings. The zero-order chi connectivity index (χ0) is 21.5. The number of hydrogen-bond acceptors (Lipinski definition) is 8. The van der Waals surface area contributed by atoms with Crippen molar-refractivity contribution in [3.05, 3.63) is 34.5 Å². The molecule has 0 aliphatic carbocycles. The lowest BCUT2D eigenvalue weighted by atomic mass is 10.1. The number of benzene rings is 1. The lowest BCUT2D eigenvalue weighted by Crippen LogP contribution is -2.45. The molecule has 4 heterocycles. The molecule has 0 unspecified atom stereocenters. The maximum absolute atomic E-state index is 13.1. The van der Waals surface area contributed by atoms with E-state index in [1.807, 2.05) is 26.0 Å². The minimum absolute atomic E-state index is 0.154. The van der Waals surface area contributed by atoms with E-state index in [1.54, 1.807) is 6.07 Å². The van der Waals surface area contributed by atoms with Crippen LogP contribution in [0.5, 0.6) is 11.5 Å². The first-order chi connectivity index (χ1) is 15.0. The molecule has 1 aromatic carbocycles. The first kappa shape index (κ1) is 20.0. The van der Waals surface area contributed by atoms with Crippen LogP contribution in [0.25, 0.3) is 10.2 Å². The molecule has 9 heteroatoms. The number of aryl methyl sites for hydroxylation is 2. The summed E-state index contributed by atoms with van der Waals surface area (Å²) in [4.78, 5) is 28.7. The van der Waals surface area contributed by atoms with Crippen LogP contribution in [0.3, 0.4) is 0 Å². The van der Waals surface area contributed by atoms with Gasteiger partial charge in [-0.05, 0) is 38.6 Å². The van der Waals surface area contributed by atoms with Crippen LogP contribution in [0.2, 0.25) is 0 Å². The van der Waals surface area contributed by atoms with E-state index in [4.69, 9.17) is 14.5 Å². The quantitative estimate of drug-likeness (QED) is 0.672. The fourth-order valence-corrected chi connectivity index (χ4v) is 5.11. The molecule has 1 amide bonds. The average Bonchev–Trinajstić information content (AvgIpc) is 3.10. The van der Waals surface area contributed by atoms with Crippen LogP contribution >= 0.6 is 11.3 Å². The summed E-state index contributed by atoms with van der Waals surface area (Å²) in [6.07, 6.45) is 0. The fourth-order valence-electron chi connectivity index (χ4n) is 3.99. The van der Waals surface area contributed by atoms with Gasteiger partial charge in [0.1, 0.15) is 29.7 Å². The van der Waals surface area contributed by atoms with Crippen molar-refractivity contribution in [1.29, 1.82) is 0 Å². The normalized spacial score (nSPS) is 16.5. The highest BCUT2D eigenvalue weighted by Gasteiger charge is 2.25. The van der Waals surface area contributed by atoms with Crippen LogP contribution in [-0.2, 0) is 0 Å². The molecular weight excluding hydrogens is 414 g/mol. The summed E-state index contributed by atoms with van der Waals surface area (Å²) in [7, 11) is 2.13. The van der Waals surface area contributed by atoms with Crippen LogP contribution in [-0.4, -0.2) is 67.2 Å². The number of ether oxygens (including phenoxy) is 2. The minimum Gasteiger partial charge on any atom is -0.486 e. The lowest BCUT2D eigenvalue weighted by molar-refractivity contribution is 0.103. The largest absolute Gasteiger partial charge is 0.486 e. The molecular formula is C22H25N5O3S. The SMILES string of the molecule is Cc1nc(N2CCN(C)CC2)c2c(C)c(C(=O)Nc3ccc4c(c3)OCCO4)sc2n1. The lowest BCUT2D eigenvalue weighted by Gasteiger charge is -2.33. The molecule has 31 heavy (non-hydrogen) atoms. The van der Waals surface area contributed by atoms with E-state index in [9.17, 15) is 4.79 Å². The van der Waals surface area contributed by atoms with Gasteiger partial charge in [-0.2, -0.15) is 0 Å². The van der Waals surface area contributed by atoms with Gasteiger partial charge in [0, 0.05) is 37.9 Å². The Hall–Kier alpha value is -2.91. The molecule has 0 atom stereocenters. The van der Waals surface area contributed by atoms with Crippen molar-refractivity contribution in [2.24, 2.45) is 0 Å². The van der Waals surface area contributed by atoms with E-state index in [-0.39, 0.29) is 5.91 Å². The molecule has 1 saturated heterocycles. The Labute approximate surface area is 184 Å². The number of amides is 1. The summed E-state index contributed by atoms with van der Waals surface area (Å²) < 4.78 is 11.2. The molecule has 1 fully saturated rings.